The molecule has 2 atom stereocenters. The van der Waals surface area contributed by atoms with Gasteiger partial charge in [-0.25, -0.2) is 8.78 Å². The van der Waals surface area contributed by atoms with Crippen LogP contribution in [0.25, 0.3) is 0 Å². The van der Waals surface area contributed by atoms with Gasteiger partial charge in [-0.1, -0.05) is 6.07 Å². The molecular weight excluding hydrogens is 268 g/mol. The zero-order valence-corrected chi connectivity index (χ0v) is 11.4. The van der Waals surface area contributed by atoms with E-state index in [1.165, 1.54) is 6.07 Å². The van der Waals surface area contributed by atoms with Crippen LogP contribution in [0.4, 0.5) is 8.78 Å². The smallest absolute Gasteiger partial charge is 0.182 e. The highest BCUT2D eigenvalue weighted by Crippen LogP contribution is 2.18. The Balaban J connectivity index is 2.06. The van der Waals surface area contributed by atoms with Gasteiger partial charge >= 0.3 is 0 Å². The maximum absolute atomic E-state index is 13.5. The van der Waals surface area contributed by atoms with Crippen molar-refractivity contribution in [2.75, 3.05) is 33.9 Å². The topological polar surface area (TPSA) is 38.8 Å². The van der Waals surface area contributed by atoms with Crippen molar-refractivity contribution in [1.82, 2.24) is 4.90 Å². The van der Waals surface area contributed by atoms with Gasteiger partial charge in [-0.2, -0.15) is 0 Å². The van der Waals surface area contributed by atoms with Crippen LogP contribution < -0.4 is 0 Å². The van der Waals surface area contributed by atoms with Crippen LogP contribution in [0.2, 0.25) is 0 Å². The monoisotopic (exact) mass is 285 g/mol. The van der Waals surface area contributed by atoms with Crippen LogP contribution in [0.1, 0.15) is 10.4 Å². The van der Waals surface area contributed by atoms with Crippen molar-refractivity contribution in [3.8, 4) is 0 Å². The molecule has 0 aromatic heterocycles. The van der Waals surface area contributed by atoms with Gasteiger partial charge in [0.2, 0.25) is 0 Å². The molecule has 0 saturated carbocycles. The summed E-state index contributed by atoms with van der Waals surface area (Å²) in [6.45, 7) is 0.936. The van der Waals surface area contributed by atoms with E-state index in [4.69, 9.17) is 9.47 Å². The minimum absolute atomic E-state index is 0.0580. The first-order valence-electron chi connectivity index (χ1n) is 6.32. The van der Waals surface area contributed by atoms with Crippen LogP contribution in [-0.2, 0) is 9.47 Å². The van der Waals surface area contributed by atoms with E-state index in [9.17, 15) is 13.6 Å². The number of benzene rings is 1. The van der Waals surface area contributed by atoms with Gasteiger partial charge in [-0.15, -0.1) is 0 Å². The quantitative estimate of drug-likeness (QED) is 0.768. The van der Waals surface area contributed by atoms with Crippen molar-refractivity contribution in [3.05, 3.63) is 35.4 Å². The minimum Gasteiger partial charge on any atom is -0.377 e. The van der Waals surface area contributed by atoms with Gasteiger partial charge in [-0.3, -0.25) is 9.69 Å². The second kappa shape index (κ2) is 6.39. The van der Waals surface area contributed by atoms with Gasteiger partial charge in [0.05, 0.1) is 24.3 Å². The number of ketones is 1. The van der Waals surface area contributed by atoms with Crippen molar-refractivity contribution in [2.45, 2.75) is 12.2 Å². The molecule has 1 aromatic rings. The van der Waals surface area contributed by atoms with E-state index in [-0.39, 0.29) is 18.8 Å². The average molecular weight is 285 g/mol. The van der Waals surface area contributed by atoms with Crippen LogP contribution in [0, 0.1) is 11.6 Å². The Kier molecular flexibility index (Phi) is 4.80. The highest BCUT2D eigenvalue weighted by molar-refractivity contribution is 5.98. The first kappa shape index (κ1) is 15.0. The van der Waals surface area contributed by atoms with Crippen LogP contribution in [0.3, 0.4) is 0 Å². The van der Waals surface area contributed by atoms with Crippen molar-refractivity contribution >= 4 is 5.78 Å². The Morgan fingerprint density at radius 1 is 1.20 bits per heavy atom. The Hall–Kier alpha value is -1.37. The molecular formula is C14H17F2NO3. The van der Waals surface area contributed by atoms with E-state index < -0.39 is 23.0 Å². The molecule has 1 saturated heterocycles. The summed E-state index contributed by atoms with van der Waals surface area (Å²) >= 11 is 0. The predicted octanol–water partition coefficient (Wildman–Crippen LogP) is 1.49. The standard InChI is InChI=1S/C14H17F2NO3/c1-19-12-7-17(8-13(12)20-2)6-11(18)14-9(15)4-3-5-10(14)16/h3-5,12-13H,6-8H2,1-2H3. The predicted molar refractivity (Wildman–Crippen MR) is 68.7 cm³/mol. The summed E-state index contributed by atoms with van der Waals surface area (Å²) in [6, 6.07) is 3.39. The second-order valence-corrected chi connectivity index (χ2v) is 4.76. The number of carbonyl (C=O) groups excluding carboxylic acids is 1. The lowest BCUT2D eigenvalue weighted by Crippen LogP contribution is -2.30. The molecule has 0 aliphatic carbocycles. The Labute approximate surface area is 116 Å². The van der Waals surface area contributed by atoms with Gasteiger partial charge in [0.25, 0.3) is 0 Å². The van der Waals surface area contributed by atoms with Crippen LogP contribution >= 0.6 is 0 Å². The largest absolute Gasteiger partial charge is 0.377 e. The third-order valence-corrected chi connectivity index (χ3v) is 3.51. The number of carbonyl (C=O) groups is 1. The van der Waals surface area contributed by atoms with Gasteiger partial charge in [0, 0.05) is 27.3 Å². The lowest BCUT2D eigenvalue weighted by Gasteiger charge is -2.14. The van der Waals surface area contributed by atoms with Crippen molar-refractivity contribution in [2.24, 2.45) is 0 Å². The molecule has 1 fully saturated rings. The van der Waals surface area contributed by atoms with Crippen molar-refractivity contribution in [3.63, 3.8) is 0 Å². The van der Waals surface area contributed by atoms with E-state index in [2.05, 4.69) is 0 Å². The summed E-state index contributed by atoms with van der Waals surface area (Å²) in [7, 11) is 3.14. The summed E-state index contributed by atoms with van der Waals surface area (Å²) in [5.74, 6) is -2.24. The maximum Gasteiger partial charge on any atom is 0.182 e. The summed E-state index contributed by atoms with van der Waals surface area (Å²) in [4.78, 5) is 13.8. The molecule has 2 unspecified atom stereocenters. The fourth-order valence-electron chi connectivity index (χ4n) is 2.45. The van der Waals surface area contributed by atoms with Crippen LogP contribution in [-0.4, -0.2) is 56.7 Å². The number of rotatable bonds is 5. The zero-order chi connectivity index (χ0) is 14.7. The number of nitrogens with zero attached hydrogens (tertiary/aromatic N) is 1. The number of ether oxygens (including phenoxy) is 2. The fourth-order valence-corrected chi connectivity index (χ4v) is 2.45. The lowest BCUT2D eigenvalue weighted by atomic mass is 10.1. The molecule has 20 heavy (non-hydrogen) atoms. The van der Waals surface area contributed by atoms with Crippen molar-refractivity contribution < 1.29 is 23.0 Å². The number of hydrogen-bond donors (Lipinski definition) is 0. The molecule has 1 aromatic carbocycles. The van der Waals surface area contributed by atoms with Gasteiger partial charge in [-0.05, 0) is 12.1 Å². The van der Waals surface area contributed by atoms with Gasteiger partial charge in [0.1, 0.15) is 11.6 Å². The zero-order valence-electron chi connectivity index (χ0n) is 11.4. The third kappa shape index (κ3) is 3.03. The molecule has 0 bridgehead atoms. The molecule has 110 valence electrons. The summed E-state index contributed by atoms with van der Waals surface area (Å²) < 4.78 is 37.6. The third-order valence-electron chi connectivity index (χ3n) is 3.51. The molecule has 0 radical (unpaired) electrons. The summed E-state index contributed by atoms with van der Waals surface area (Å²) in [5, 5.41) is 0. The second-order valence-electron chi connectivity index (χ2n) is 4.76. The molecule has 2 rings (SSSR count). The molecule has 0 N–H and O–H groups in total. The maximum atomic E-state index is 13.5. The van der Waals surface area contributed by atoms with E-state index in [0.29, 0.717) is 13.1 Å². The Bertz CT molecular complexity index is 463. The van der Waals surface area contributed by atoms with Crippen LogP contribution in [0.5, 0.6) is 0 Å². The van der Waals surface area contributed by atoms with Crippen LogP contribution in [0.15, 0.2) is 18.2 Å². The normalized spacial score (nSPS) is 23.2. The molecule has 6 heteroatoms. The van der Waals surface area contributed by atoms with Crippen molar-refractivity contribution in [1.29, 1.82) is 0 Å². The molecule has 0 amide bonds. The Morgan fingerprint density at radius 3 is 2.15 bits per heavy atom. The van der Waals surface area contributed by atoms with E-state index >= 15 is 0 Å². The summed E-state index contributed by atoms with van der Waals surface area (Å²) in [6.07, 6.45) is -0.281. The van der Waals surface area contributed by atoms with Gasteiger partial charge < -0.3 is 9.47 Å². The molecule has 1 aliphatic heterocycles. The average Bonchev–Trinajstić information content (AvgIpc) is 2.80. The van der Waals surface area contributed by atoms with E-state index in [0.717, 1.165) is 12.1 Å². The number of Topliss-reactive ketones (excluding diaryl/α,β-unsaturated/α-hetero) is 1. The Morgan fingerprint density at radius 2 is 1.70 bits per heavy atom. The number of halogens is 2. The van der Waals surface area contributed by atoms with E-state index in [1.807, 2.05) is 0 Å². The SMILES string of the molecule is COC1CN(CC(=O)c2c(F)cccc2F)CC1OC. The first-order valence-corrected chi connectivity index (χ1v) is 6.32. The number of methoxy groups -OCH3 is 2. The molecule has 0 spiro atoms. The molecule has 1 heterocycles. The fraction of sp³-hybridized carbons (Fsp3) is 0.500. The minimum atomic E-state index is -0.833. The molecule has 4 nitrogen and oxygen atoms in total. The highest BCUT2D eigenvalue weighted by atomic mass is 19.1. The summed E-state index contributed by atoms with van der Waals surface area (Å²) in [5.41, 5.74) is -0.484. The highest BCUT2D eigenvalue weighted by Gasteiger charge is 2.34. The van der Waals surface area contributed by atoms with Gasteiger partial charge in [0.15, 0.2) is 5.78 Å². The molecule has 1 aliphatic rings. The first-order chi connectivity index (χ1) is 9.56. The van der Waals surface area contributed by atoms with E-state index in [1.54, 1.807) is 19.1 Å². The lowest BCUT2D eigenvalue weighted by molar-refractivity contribution is -0.00461. The number of likely N-dealkylation sites (tertiary alicyclic amines) is 1. The number of hydrogen-bond acceptors (Lipinski definition) is 4.